The molecule has 1 amide bonds. The van der Waals surface area contributed by atoms with Crippen LogP contribution in [0.15, 0.2) is 17.5 Å². The first-order valence-electron chi connectivity index (χ1n) is 7.56. The molecule has 0 aromatic carbocycles. The Morgan fingerprint density at radius 2 is 2.32 bits per heavy atom. The van der Waals surface area contributed by atoms with E-state index in [-0.39, 0.29) is 0 Å². The zero-order chi connectivity index (χ0) is 13.2. The average molecular weight is 277 g/mol. The molecule has 1 heterocycles. The van der Waals surface area contributed by atoms with Gasteiger partial charge in [-0.1, -0.05) is 12.5 Å². The normalized spacial score (nSPS) is 28.8. The van der Waals surface area contributed by atoms with Crippen LogP contribution in [0.1, 0.15) is 43.9 Å². The van der Waals surface area contributed by atoms with Crippen LogP contribution in [-0.2, 0) is 11.3 Å². The Morgan fingerprint density at radius 3 is 2.89 bits per heavy atom. The minimum absolute atomic E-state index is 0.369. The highest BCUT2D eigenvalue weighted by Crippen LogP contribution is 2.49. The second kappa shape index (κ2) is 5.66. The third-order valence-corrected chi connectivity index (χ3v) is 5.84. The maximum atomic E-state index is 12.5. The Labute approximate surface area is 119 Å². The lowest BCUT2D eigenvalue weighted by Crippen LogP contribution is -2.32. The molecule has 2 aliphatic carbocycles. The Kier molecular flexibility index (Phi) is 3.92. The number of hydrogen-bond donors (Lipinski definition) is 0. The molecule has 2 fully saturated rings. The molecule has 104 valence electrons. The minimum Gasteiger partial charge on any atom is -0.338 e. The van der Waals surface area contributed by atoms with Crippen LogP contribution in [0.3, 0.4) is 0 Å². The molecule has 1 aromatic heterocycles. The summed E-state index contributed by atoms with van der Waals surface area (Å²) in [5, 5.41) is 2.09. The number of rotatable bonds is 5. The van der Waals surface area contributed by atoms with Crippen LogP contribution >= 0.6 is 11.3 Å². The summed E-state index contributed by atoms with van der Waals surface area (Å²) in [7, 11) is 0. The quantitative estimate of drug-likeness (QED) is 0.798. The number of thiophene rings is 1. The number of carbonyl (C=O) groups excluding carboxylic acids is 1. The zero-order valence-corrected chi connectivity index (χ0v) is 12.5. The first kappa shape index (κ1) is 13.2. The third kappa shape index (κ3) is 2.86. The topological polar surface area (TPSA) is 20.3 Å². The summed E-state index contributed by atoms with van der Waals surface area (Å²) in [6.45, 7) is 3.72. The molecule has 2 nitrogen and oxygen atoms in total. The van der Waals surface area contributed by atoms with Crippen molar-refractivity contribution >= 4 is 17.2 Å². The minimum atomic E-state index is 0.369. The Balaban J connectivity index is 1.56. The molecule has 2 aliphatic rings. The maximum absolute atomic E-state index is 12.5. The predicted molar refractivity (Wildman–Crippen MR) is 79.0 cm³/mol. The molecule has 3 heteroatoms. The SMILES string of the molecule is CCN(Cc1cccs1)C(=O)CC1CC2CCC1C2. The molecule has 19 heavy (non-hydrogen) atoms. The van der Waals surface area contributed by atoms with Crippen LogP contribution < -0.4 is 0 Å². The molecule has 2 bridgehead atoms. The van der Waals surface area contributed by atoms with Crippen LogP contribution in [-0.4, -0.2) is 17.4 Å². The fourth-order valence-electron chi connectivity index (χ4n) is 3.95. The number of amides is 1. The monoisotopic (exact) mass is 277 g/mol. The fourth-order valence-corrected chi connectivity index (χ4v) is 4.67. The predicted octanol–water partition coefficient (Wildman–Crippen LogP) is 3.92. The first-order chi connectivity index (χ1) is 9.26. The van der Waals surface area contributed by atoms with Crippen LogP contribution in [0.5, 0.6) is 0 Å². The zero-order valence-electron chi connectivity index (χ0n) is 11.7. The summed E-state index contributed by atoms with van der Waals surface area (Å²) in [5.74, 6) is 2.85. The summed E-state index contributed by atoms with van der Waals surface area (Å²) in [6.07, 6.45) is 6.30. The van der Waals surface area contributed by atoms with Crippen LogP contribution in [0.4, 0.5) is 0 Å². The molecular weight excluding hydrogens is 254 g/mol. The van der Waals surface area contributed by atoms with Crippen molar-refractivity contribution in [3.8, 4) is 0 Å². The van der Waals surface area contributed by atoms with E-state index < -0.39 is 0 Å². The van der Waals surface area contributed by atoms with Gasteiger partial charge in [0.1, 0.15) is 0 Å². The van der Waals surface area contributed by atoms with Crippen molar-refractivity contribution in [2.24, 2.45) is 17.8 Å². The van der Waals surface area contributed by atoms with Crippen molar-refractivity contribution in [2.45, 2.75) is 45.6 Å². The van der Waals surface area contributed by atoms with E-state index in [1.807, 2.05) is 4.90 Å². The summed E-state index contributed by atoms with van der Waals surface area (Å²) in [5.41, 5.74) is 0. The molecular formula is C16H23NOS. The van der Waals surface area contributed by atoms with Gasteiger partial charge in [0.15, 0.2) is 0 Å². The second-order valence-electron chi connectivity index (χ2n) is 6.13. The van der Waals surface area contributed by atoms with Crippen molar-refractivity contribution < 1.29 is 4.79 Å². The van der Waals surface area contributed by atoms with Crippen molar-refractivity contribution in [1.82, 2.24) is 4.90 Å². The van der Waals surface area contributed by atoms with E-state index >= 15 is 0 Å². The lowest BCUT2D eigenvalue weighted by atomic mass is 9.86. The van der Waals surface area contributed by atoms with Crippen molar-refractivity contribution in [3.63, 3.8) is 0 Å². The lowest BCUT2D eigenvalue weighted by molar-refractivity contribution is -0.133. The lowest BCUT2D eigenvalue weighted by Gasteiger charge is -2.26. The molecule has 0 radical (unpaired) electrons. The number of fused-ring (bicyclic) bond motifs is 2. The van der Waals surface area contributed by atoms with Gasteiger partial charge in [0.05, 0.1) is 6.54 Å². The highest BCUT2D eigenvalue weighted by molar-refractivity contribution is 7.09. The largest absolute Gasteiger partial charge is 0.338 e. The van der Waals surface area contributed by atoms with Crippen molar-refractivity contribution in [1.29, 1.82) is 0 Å². The Hall–Kier alpha value is -0.830. The molecule has 0 aliphatic heterocycles. The van der Waals surface area contributed by atoms with E-state index in [9.17, 15) is 4.79 Å². The van der Waals surface area contributed by atoms with E-state index in [4.69, 9.17) is 0 Å². The molecule has 1 aromatic rings. The van der Waals surface area contributed by atoms with Gasteiger partial charge in [0.2, 0.25) is 5.91 Å². The molecule has 2 saturated carbocycles. The number of hydrogen-bond acceptors (Lipinski definition) is 2. The van der Waals surface area contributed by atoms with Gasteiger partial charge in [-0.25, -0.2) is 0 Å². The molecule has 3 rings (SSSR count). The average Bonchev–Trinajstić information content (AvgIpc) is 3.13. The molecule has 0 spiro atoms. The van der Waals surface area contributed by atoms with Crippen LogP contribution in [0, 0.1) is 17.8 Å². The highest BCUT2D eigenvalue weighted by Gasteiger charge is 2.40. The van der Waals surface area contributed by atoms with E-state index in [0.717, 1.165) is 31.3 Å². The van der Waals surface area contributed by atoms with E-state index in [1.165, 1.54) is 30.6 Å². The van der Waals surface area contributed by atoms with Crippen LogP contribution in [0.25, 0.3) is 0 Å². The first-order valence-corrected chi connectivity index (χ1v) is 8.44. The Bertz CT molecular complexity index is 428. The second-order valence-corrected chi connectivity index (χ2v) is 7.16. The number of nitrogens with zero attached hydrogens (tertiary/aromatic N) is 1. The molecule has 3 atom stereocenters. The van der Waals surface area contributed by atoms with Crippen molar-refractivity contribution in [3.05, 3.63) is 22.4 Å². The van der Waals surface area contributed by atoms with Gasteiger partial charge < -0.3 is 4.90 Å². The van der Waals surface area contributed by atoms with Crippen LogP contribution in [0.2, 0.25) is 0 Å². The highest BCUT2D eigenvalue weighted by atomic mass is 32.1. The summed E-state index contributed by atoms with van der Waals surface area (Å²) in [4.78, 5) is 15.8. The molecule has 0 saturated heterocycles. The maximum Gasteiger partial charge on any atom is 0.223 e. The third-order valence-electron chi connectivity index (χ3n) is 4.98. The van der Waals surface area contributed by atoms with Gasteiger partial charge >= 0.3 is 0 Å². The van der Waals surface area contributed by atoms with Crippen molar-refractivity contribution in [2.75, 3.05) is 6.54 Å². The van der Waals surface area contributed by atoms with E-state index in [0.29, 0.717) is 11.8 Å². The van der Waals surface area contributed by atoms with E-state index in [1.54, 1.807) is 11.3 Å². The summed E-state index contributed by atoms with van der Waals surface area (Å²) in [6, 6.07) is 4.19. The Morgan fingerprint density at radius 1 is 1.42 bits per heavy atom. The standard InChI is InChI=1S/C16H23NOS/c1-2-17(11-15-4-3-7-19-15)16(18)10-14-9-12-5-6-13(14)8-12/h3-4,7,12-14H,2,5-6,8-11H2,1H3. The summed E-state index contributed by atoms with van der Waals surface area (Å²) >= 11 is 1.74. The molecule has 3 unspecified atom stereocenters. The van der Waals surface area contributed by atoms with Gasteiger partial charge in [-0.2, -0.15) is 0 Å². The van der Waals surface area contributed by atoms with Gasteiger partial charge in [-0.15, -0.1) is 11.3 Å². The van der Waals surface area contributed by atoms with Gasteiger partial charge in [0.25, 0.3) is 0 Å². The fraction of sp³-hybridized carbons (Fsp3) is 0.688. The van der Waals surface area contributed by atoms with Gasteiger partial charge in [-0.05, 0) is 55.4 Å². The van der Waals surface area contributed by atoms with E-state index in [2.05, 4.69) is 24.4 Å². The van der Waals surface area contributed by atoms with Gasteiger partial charge in [0, 0.05) is 17.8 Å². The van der Waals surface area contributed by atoms with Gasteiger partial charge in [-0.3, -0.25) is 4.79 Å². The number of carbonyl (C=O) groups is 1. The molecule has 0 N–H and O–H groups in total. The summed E-state index contributed by atoms with van der Waals surface area (Å²) < 4.78 is 0. The smallest absolute Gasteiger partial charge is 0.223 e.